The summed E-state index contributed by atoms with van der Waals surface area (Å²) in [5.74, 6) is -0.459. The summed E-state index contributed by atoms with van der Waals surface area (Å²) < 4.78 is 6.26. The third-order valence-electron chi connectivity index (χ3n) is 3.92. The zero-order chi connectivity index (χ0) is 21.5. The molecule has 1 amide bonds. The zero-order valence-electron chi connectivity index (χ0n) is 15.4. The molecule has 0 fully saturated rings. The largest absolute Gasteiger partial charge is 0.423 e. The SMILES string of the molecule is O=C(Cc1ccc(Br)cc1)N/N=C\c1ccc(OC(=O)c2ccc(Cl)cc2Cl)cc1. The highest BCUT2D eigenvalue weighted by Crippen LogP contribution is 2.23. The summed E-state index contributed by atoms with van der Waals surface area (Å²) in [6, 6.07) is 18.7. The fraction of sp³-hybridized carbons (Fsp3) is 0.0455. The van der Waals surface area contributed by atoms with Gasteiger partial charge in [-0.05, 0) is 65.7 Å². The van der Waals surface area contributed by atoms with E-state index in [4.69, 9.17) is 27.9 Å². The van der Waals surface area contributed by atoms with Gasteiger partial charge in [0, 0.05) is 9.50 Å². The Bertz CT molecular complexity index is 1080. The Morgan fingerprint density at radius 2 is 1.70 bits per heavy atom. The van der Waals surface area contributed by atoms with E-state index >= 15 is 0 Å². The number of nitrogens with one attached hydrogen (secondary N) is 1. The minimum atomic E-state index is -0.585. The van der Waals surface area contributed by atoms with Crippen LogP contribution in [0.25, 0.3) is 0 Å². The summed E-state index contributed by atoms with van der Waals surface area (Å²) in [5.41, 5.74) is 4.32. The third kappa shape index (κ3) is 6.42. The van der Waals surface area contributed by atoms with Crippen molar-refractivity contribution < 1.29 is 14.3 Å². The molecule has 30 heavy (non-hydrogen) atoms. The molecular weight excluding hydrogens is 491 g/mol. The molecule has 0 aliphatic rings. The van der Waals surface area contributed by atoms with Gasteiger partial charge in [0.25, 0.3) is 0 Å². The number of hydrazone groups is 1. The number of nitrogens with zero attached hydrogens (tertiary/aromatic N) is 1. The first-order valence-corrected chi connectivity index (χ1v) is 10.3. The second-order valence-electron chi connectivity index (χ2n) is 6.18. The van der Waals surface area contributed by atoms with Crippen molar-refractivity contribution in [1.29, 1.82) is 0 Å². The molecule has 0 aromatic heterocycles. The molecule has 0 unspecified atom stereocenters. The zero-order valence-corrected chi connectivity index (χ0v) is 18.5. The molecular formula is C22H15BrCl2N2O3. The van der Waals surface area contributed by atoms with E-state index in [9.17, 15) is 9.59 Å². The van der Waals surface area contributed by atoms with Gasteiger partial charge in [-0.2, -0.15) is 5.10 Å². The fourth-order valence-electron chi connectivity index (χ4n) is 2.44. The van der Waals surface area contributed by atoms with E-state index in [-0.39, 0.29) is 22.9 Å². The number of ether oxygens (including phenoxy) is 1. The molecule has 0 bridgehead atoms. The minimum Gasteiger partial charge on any atom is -0.423 e. The number of carbonyl (C=O) groups excluding carboxylic acids is 2. The van der Waals surface area contributed by atoms with E-state index < -0.39 is 5.97 Å². The van der Waals surface area contributed by atoms with Gasteiger partial charge in [-0.3, -0.25) is 4.79 Å². The van der Waals surface area contributed by atoms with Crippen LogP contribution < -0.4 is 10.2 Å². The van der Waals surface area contributed by atoms with Crippen molar-refractivity contribution in [2.24, 2.45) is 5.10 Å². The van der Waals surface area contributed by atoms with Crippen LogP contribution in [0.1, 0.15) is 21.5 Å². The minimum absolute atomic E-state index is 0.218. The lowest BCUT2D eigenvalue weighted by atomic mass is 10.1. The average molecular weight is 506 g/mol. The van der Waals surface area contributed by atoms with E-state index in [2.05, 4.69) is 26.5 Å². The van der Waals surface area contributed by atoms with Gasteiger partial charge in [0.05, 0.1) is 23.2 Å². The molecule has 1 N–H and O–H groups in total. The number of carbonyl (C=O) groups is 2. The van der Waals surface area contributed by atoms with E-state index in [0.29, 0.717) is 10.8 Å². The van der Waals surface area contributed by atoms with Crippen LogP contribution in [0, 0.1) is 0 Å². The first-order chi connectivity index (χ1) is 14.4. The number of esters is 1. The maximum absolute atomic E-state index is 12.2. The van der Waals surface area contributed by atoms with Crippen LogP contribution in [0.5, 0.6) is 5.75 Å². The Labute approximate surface area is 191 Å². The number of amides is 1. The normalized spacial score (nSPS) is 10.8. The first kappa shape index (κ1) is 22.0. The van der Waals surface area contributed by atoms with Gasteiger partial charge in [0.2, 0.25) is 5.91 Å². The van der Waals surface area contributed by atoms with Crippen molar-refractivity contribution in [2.75, 3.05) is 0 Å². The number of rotatable bonds is 6. The van der Waals surface area contributed by atoms with Gasteiger partial charge in [-0.15, -0.1) is 0 Å². The first-order valence-electron chi connectivity index (χ1n) is 8.74. The van der Waals surface area contributed by atoms with Crippen molar-refractivity contribution in [3.63, 3.8) is 0 Å². The maximum Gasteiger partial charge on any atom is 0.345 e. The molecule has 8 heteroatoms. The monoisotopic (exact) mass is 504 g/mol. The molecule has 0 aliphatic heterocycles. The van der Waals surface area contributed by atoms with Crippen LogP contribution in [0.2, 0.25) is 10.0 Å². The van der Waals surface area contributed by atoms with Crippen molar-refractivity contribution in [3.05, 3.63) is 97.9 Å². The van der Waals surface area contributed by atoms with Crippen LogP contribution in [0.3, 0.4) is 0 Å². The molecule has 0 spiro atoms. The lowest BCUT2D eigenvalue weighted by Crippen LogP contribution is -2.19. The summed E-state index contributed by atoms with van der Waals surface area (Å²) in [7, 11) is 0. The molecule has 0 radical (unpaired) electrons. The van der Waals surface area contributed by atoms with Crippen LogP contribution in [-0.2, 0) is 11.2 Å². The highest BCUT2D eigenvalue weighted by atomic mass is 79.9. The molecule has 0 aliphatic carbocycles. The summed E-state index contributed by atoms with van der Waals surface area (Å²) in [6.07, 6.45) is 1.73. The Hall–Kier alpha value is -2.67. The van der Waals surface area contributed by atoms with Crippen molar-refractivity contribution in [1.82, 2.24) is 5.43 Å². The fourth-order valence-corrected chi connectivity index (χ4v) is 3.19. The van der Waals surface area contributed by atoms with Crippen molar-refractivity contribution >= 4 is 57.2 Å². The summed E-state index contributed by atoms with van der Waals surface area (Å²) >= 11 is 15.2. The Morgan fingerprint density at radius 1 is 1.00 bits per heavy atom. The quantitative estimate of drug-likeness (QED) is 0.203. The van der Waals surface area contributed by atoms with Crippen molar-refractivity contribution in [3.8, 4) is 5.75 Å². The highest BCUT2D eigenvalue weighted by molar-refractivity contribution is 9.10. The standard InChI is InChI=1S/C22H15BrCl2N2O3/c23-16-5-1-14(2-6-16)11-21(28)27-26-13-15-3-8-18(9-4-15)30-22(29)19-10-7-17(24)12-20(19)25/h1-10,12-13H,11H2,(H,27,28)/b26-13-. The van der Waals surface area contributed by atoms with Gasteiger partial charge in [0.15, 0.2) is 0 Å². The summed E-state index contributed by atoms with van der Waals surface area (Å²) in [4.78, 5) is 24.2. The van der Waals surface area contributed by atoms with Crippen LogP contribution in [0.4, 0.5) is 0 Å². The van der Waals surface area contributed by atoms with E-state index in [1.807, 2.05) is 24.3 Å². The van der Waals surface area contributed by atoms with E-state index in [1.54, 1.807) is 30.3 Å². The third-order valence-corrected chi connectivity index (χ3v) is 5.00. The van der Waals surface area contributed by atoms with Gasteiger partial charge < -0.3 is 4.74 Å². The molecule has 3 aromatic carbocycles. The summed E-state index contributed by atoms with van der Waals surface area (Å²) in [5, 5.41) is 4.59. The highest BCUT2D eigenvalue weighted by Gasteiger charge is 2.13. The predicted octanol–water partition coefficient (Wildman–Crippen LogP) is 5.67. The van der Waals surface area contributed by atoms with Crippen LogP contribution in [0.15, 0.2) is 76.3 Å². The molecule has 0 saturated heterocycles. The molecule has 0 atom stereocenters. The van der Waals surface area contributed by atoms with E-state index in [1.165, 1.54) is 18.3 Å². The average Bonchev–Trinajstić information content (AvgIpc) is 2.71. The molecule has 0 saturated carbocycles. The van der Waals surface area contributed by atoms with Crippen molar-refractivity contribution in [2.45, 2.75) is 6.42 Å². The Morgan fingerprint density at radius 3 is 2.37 bits per heavy atom. The maximum atomic E-state index is 12.2. The van der Waals surface area contributed by atoms with Gasteiger partial charge in [0.1, 0.15) is 5.75 Å². The number of hydrogen-bond acceptors (Lipinski definition) is 4. The Kier molecular flexibility index (Phi) is 7.63. The second-order valence-corrected chi connectivity index (χ2v) is 7.94. The van der Waals surface area contributed by atoms with Gasteiger partial charge in [-0.25, -0.2) is 10.2 Å². The predicted molar refractivity (Wildman–Crippen MR) is 121 cm³/mol. The Balaban J connectivity index is 1.53. The second kappa shape index (κ2) is 10.4. The molecule has 5 nitrogen and oxygen atoms in total. The molecule has 3 aromatic rings. The van der Waals surface area contributed by atoms with E-state index in [0.717, 1.165) is 15.6 Å². The lowest BCUT2D eigenvalue weighted by Gasteiger charge is -2.06. The van der Waals surface area contributed by atoms with Gasteiger partial charge >= 0.3 is 5.97 Å². The topological polar surface area (TPSA) is 67.8 Å². The van der Waals surface area contributed by atoms with Gasteiger partial charge in [-0.1, -0.05) is 51.3 Å². The van der Waals surface area contributed by atoms with Crippen LogP contribution in [-0.4, -0.2) is 18.1 Å². The lowest BCUT2D eigenvalue weighted by molar-refractivity contribution is -0.120. The molecule has 0 heterocycles. The molecule has 152 valence electrons. The number of hydrogen-bond donors (Lipinski definition) is 1. The van der Waals surface area contributed by atoms with Crippen LogP contribution >= 0.6 is 39.1 Å². The molecule has 3 rings (SSSR count). The summed E-state index contributed by atoms with van der Waals surface area (Å²) in [6.45, 7) is 0. The smallest absolute Gasteiger partial charge is 0.345 e. The number of benzene rings is 3. The number of halogens is 3.